The van der Waals surface area contributed by atoms with Crippen molar-refractivity contribution in [3.05, 3.63) is 64.7 Å². The van der Waals surface area contributed by atoms with E-state index in [1.165, 1.54) is 0 Å². The summed E-state index contributed by atoms with van der Waals surface area (Å²) in [7, 11) is 0. The van der Waals surface area contributed by atoms with E-state index in [4.69, 9.17) is 16.3 Å². The third-order valence-electron chi connectivity index (χ3n) is 7.38. The minimum absolute atomic E-state index is 0.0247. The number of carbonyl (C=O) groups is 3. The normalized spacial score (nSPS) is 29.4. The Hall–Kier alpha value is -2.66. The van der Waals surface area contributed by atoms with Crippen molar-refractivity contribution < 1.29 is 19.1 Å². The van der Waals surface area contributed by atoms with Gasteiger partial charge in [0.05, 0.1) is 5.41 Å². The summed E-state index contributed by atoms with van der Waals surface area (Å²) < 4.78 is 5.63. The minimum atomic E-state index is -1.56. The second-order valence-electron chi connectivity index (χ2n) is 9.02. The van der Waals surface area contributed by atoms with Gasteiger partial charge in [-0.1, -0.05) is 49.1 Å². The minimum Gasteiger partial charge on any atom is -0.425 e. The zero-order valence-electron chi connectivity index (χ0n) is 17.3. The highest BCUT2D eigenvalue weighted by molar-refractivity contribution is 6.30. The summed E-state index contributed by atoms with van der Waals surface area (Å²) in [6.45, 7) is 1.72. The fourth-order valence-corrected chi connectivity index (χ4v) is 5.83. The molecule has 1 amide bonds. The highest BCUT2D eigenvalue weighted by atomic mass is 35.5. The highest BCUT2D eigenvalue weighted by Crippen LogP contribution is 2.78. The van der Waals surface area contributed by atoms with Gasteiger partial charge in [-0.15, -0.1) is 0 Å². The highest BCUT2D eigenvalue weighted by Gasteiger charge is 2.88. The van der Waals surface area contributed by atoms with Crippen LogP contribution in [0, 0.1) is 10.8 Å². The Morgan fingerprint density at radius 3 is 2.42 bits per heavy atom. The first-order valence-corrected chi connectivity index (χ1v) is 11.2. The number of Topliss-reactive ketones (excluding diaryl/α,β-unsaturated/α-hetero) is 1. The van der Waals surface area contributed by atoms with Gasteiger partial charge < -0.3 is 10.1 Å². The van der Waals surface area contributed by atoms with Crippen LogP contribution in [0.4, 0.5) is 0 Å². The van der Waals surface area contributed by atoms with Crippen molar-refractivity contribution in [2.45, 2.75) is 51.0 Å². The number of carbonyl (C=O) groups excluding carboxylic acids is 3. The lowest BCUT2D eigenvalue weighted by atomic mass is 9.85. The molecule has 2 aromatic carbocycles. The summed E-state index contributed by atoms with van der Waals surface area (Å²) in [6.07, 6.45) is 5.04. The van der Waals surface area contributed by atoms with E-state index in [9.17, 15) is 14.4 Å². The number of fused-ring (bicyclic) bond motifs is 3. The van der Waals surface area contributed by atoms with Gasteiger partial charge in [0.25, 0.3) is 0 Å². The van der Waals surface area contributed by atoms with Crippen LogP contribution >= 0.6 is 11.6 Å². The molecule has 1 N–H and O–H groups in total. The molecule has 3 atom stereocenters. The van der Waals surface area contributed by atoms with Gasteiger partial charge in [0.2, 0.25) is 5.91 Å². The Balaban J connectivity index is 1.59. The number of para-hydroxylation sites is 1. The predicted molar refractivity (Wildman–Crippen MR) is 116 cm³/mol. The lowest BCUT2D eigenvalue weighted by Gasteiger charge is -2.28. The maximum Gasteiger partial charge on any atom is 0.328 e. The molecule has 0 aromatic heterocycles. The SMILES string of the molecule is C[C@]1(C(=O)c2ccc(Cl)cc2)[C@H]2c3ccccc3OC(=O)[C@]21C(=O)NC1CCCCC1. The molecule has 2 aromatic rings. The Morgan fingerprint density at radius 2 is 1.71 bits per heavy atom. The lowest BCUT2D eigenvalue weighted by molar-refractivity contribution is -0.149. The molecule has 160 valence electrons. The predicted octanol–water partition coefficient (Wildman–Crippen LogP) is 4.68. The lowest BCUT2D eigenvalue weighted by Crippen LogP contribution is -2.49. The first-order valence-electron chi connectivity index (χ1n) is 10.8. The Kier molecular flexibility index (Phi) is 4.70. The van der Waals surface area contributed by atoms with Crippen molar-refractivity contribution in [3.63, 3.8) is 0 Å². The Morgan fingerprint density at radius 1 is 1.03 bits per heavy atom. The van der Waals surface area contributed by atoms with E-state index in [2.05, 4.69) is 5.32 Å². The fraction of sp³-hybridized carbons (Fsp3) is 0.400. The van der Waals surface area contributed by atoms with Crippen LogP contribution in [0.2, 0.25) is 5.02 Å². The van der Waals surface area contributed by atoms with Crippen molar-refractivity contribution in [2.75, 3.05) is 0 Å². The molecule has 5 rings (SSSR count). The van der Waals surface area contributed by atoms with E-state index in [-0.39, 0.29) is 11.8 Å². The number of halogens is 1. The number of ketones is 1. The van der Waals surface area contributed by atoms with Crippen LogP contribution < -0.4 is 10.1 Å². The molecule has 0 unspecified atom stereocenters. The number of hydrogen-bond acceptors (Lipinski definition) is 4. The van der Waals surface area contributed by atoms with Crippen LogP contribution in [-0.4, -0.2) is 23.7 Å². The largest absolute Gasteiger partial charge is 0.425 e. The molecule has 1 heterocycles. The smallest absolute Gasteiger partial charge is 0.328 e. The average Bonchev–Trinajstić information content (AvgIpc) is 3.38. The second-order valence-corrected chi connectivity index (χ2v) is 9.45. The summed E-state index contributed by atoms with van der Waals surface area (Å²) in [5.74, 6) is -1.43. The molecular formula is C25H24ClNO4. The van der Waals surface area contributed by atoms with Crippen LogP contribution in [0.15, 0.2) is 48.5 Å². The molecule has 2 fully saturated rings. The molecule has 1 aliphatic heterocycles. The molecule has 3 aliphatic rings. The van der Waals surface area contributed by atoms with Crippen molar-refractivity contribution in [3.8, 4) is 5.75 Å². The standard InChI is InChI=1S/C25H24ClNO4/c1-24(21(28)15-11-13-16(26)14-12-15)20-18-9-5-6-10-19(18)31-23(30)25(20,24)22(29)27-17-7-3-2-4-8-17/h5-6,9-14,17,20H,2-4,7-8H2,1H3,(H,27,29)/t20-,24-,25-/m1/s1. The van der Waals surface area contributed by atoms with Crippen LogP contribution in [0.5, 0.6) is 5.75 Å². The molecule has 0 radical (unpaired) electrons. The van der Waals surface area contributed by atoms with Crippen LogP contribution in [0.25, 0.3) is 0 Å². The van der Waals surface area contributed by atoms with Gasteiger partial charge in [0, 0.05) is 28.1 Å². The molecule has 0 saturated heterocycles. The molecule has 31 heavy (non-hydrogen) atoms. The van der Waals surface area contributed by atoms with Gasteiger partial charge in [-0.3, -0.25) is 14.4 Å². The van der Waals surface area contributed by atoms with Crippen molar-refractivity contribution >= 4 is 29.3 Å². The summed E-state index contributed by atoms with van der Waals surface area (Å²) in [5, 5.41) is 3.61. The number of amides is 1. The Bertz CT molecular complexity index is 1080. The molecule has 0 spiro atoms. The van der Waals surface area contributed by atoms with Crippen molar-refractivity contribution in [2.24, 2.45) is 10.8 Å². The van der Waals surface area contributed by atoms with E-state index in [0.717, 1.165) is 37.7 Å². The third-order valence-corrected chi connectivity index (χ3v) is 7.63. The van der Waals surface area contributed by atoms with Crippen molar-refractivity contribution in [1.82, 2.24) is 5.32 Å². The van der Waals surface area contributed by atoms with E-state index in [0.29, 0.717) is 16.3 Å². The monoisotopic (exact) mass is 437 g/mol. The molecule has 2 saturated carbocycles. The van der Waals surface area contributed by atoms with Gasteiger partial charge in [-0.25, -0.2) is 0 Å². The first kappa shape index (κ1) is 20.3. The molecule has 5 nitrogen and oxygen atoms in total. The van der Waals surface area contributed by atoms with Gasteiger partial charge in [-0.05, 0) is 50.1 Å². The van der Waals surface area contributed by atoms with Gasteiger partial charge in [0.1, 0.15) is 5.75 Å². The first-order chi connectivity index (χ1) is 14.9. The van der Waals surface area contributed by atoms with E-state index >= 15 is 0 Å². The van der Waals surface area contributed by atoms with E-state index < -0.39 is 28.6 Å². The molecular weight excluding hydrogens is 414 g/mol. The number of esters is 1. The molecule has 2 aliphatic carbocycles. The quantitative estimate of drug-likeness (QED) is 0.326. The van der Waals surface area contributed by atoms with E-state index in [1.807, 2.05) is 12.1 Å². The Labute approximate surface area is 186 Å². The number of nitrogens with one attached hydrogen (secondary N) is 1. The third kappa shape index (κ3) is 2.79. The zero-order valence-corrected chi connectivity index (χ0v) is 18.1. The molecule has 6 heteroatoms. The number of hydrogen-bond donors (Lipinski definition) is 1. The number of rotatable bonds is 4. The average molecular weight is 438 g/mol. The van der Waals surface area contributed by atoms with Gasteiger partial charge >= 0.3 is 5.97 Å². The van der Waals surface area contributed by atoms with Crippen LogP contribution in [0.3, 0.4) is 0 Å². The van der Waals surface area contributed by atoms with Crippen molar-refractivity contribution in [1.29, 1.82) is 0 Å². The van der Waals surface area contributed by atoms with Gasteiger partial charge in [0.15, 0.2) is 11.2 Å². The second kappa shape index (κ2) is 7.20. The maximum atomic E-state index is 13.7. The topological polar surface area (TPSA) is 72.5 Å². The maximum absolute atomic E-state index is 13.7. The summed E-state index contributed by atoms with van der Waals surface area (Å²) in [5.41, 5.74) is -1.64. The summed E-state index contributed by atoms with van der Waals surface area (Å²) in [6, 6.07) is 13.8. The summed E-state index contributed by atoms with van der Waals surface area (Å²) >= 11 is 5.99. The number of benzene rings is 2. The molecule has 0 bridgehead atoms. The number of ether oxygens (including phenoxy) is 1. The summed E-state index contributed by atoms with van der Waals surface area (Å²) in [4.78, 5) is 40.8. The van der Waals surface area contributed by atoms with Crippen LogP contribution in [0.1, 0.15) is 60.9 Å². The van der Waals surface area contributed by atoms with E-state index in [1.54, 1.807) is 43.3 Å². The van der Waals surface area contributed by atoms with Gasteiger partial charge in [-0.2, -0.15) is 0 Å². The fourth-order valence-electron chi connectivity index (χ4n) is 5.70. The van der Waals surface area contributed by atoms with Crippen LogP contribution in [-0.2, 0) is 9.59 Å². The zero-order chi connectivity index (χ0) is 21.8.